The van der Waals surface area contributed by atoms with Crippen molar-refractivity contribution in [2.45, 2.75) is 32.7 Å². The summed E-state index contributed by atoms with van der Waals surface area (Å²) in [5.74, 6) is -0.869. The van der Waals surface area contributed by atoms with Crippen LogP contribution in [0.5, 0.6) is 0 Å². The molecule has 8 heteroatoms. The van der Waals surface area contributed by atoms with Crippen molar-refractivity contribution >= 4 is 11.8 Å². The van der Waals surface area contributed by atoms with Crippen LogP contribution in [-0.2, 0) is 16.1 Å². The Kier molecular flexibility index (Phi) is 5.49. The lowest BCUT2D eigenvalue weighted by Crippen LogP contribution is -2.49. The number of carbonyl (C=O) groups excluding carboxylic acids is 2. The van der Waals surface area contributed by atoms with Gasteiger partial charge in [0, 0.05) is 32.4 Å². The number of hydrogen-bond acceptors (Lipinski definition) is 5. The molecule has 1 aromatic heterocycles. The number of aryl methyl sites for hydroxylation is 1. The van der Waals surface area contributed by atoms with E-state index in [2.05, 4.69) is 10.4 Å². The van der Waals surface area contributed by atoms with Crippen LogP contribution in [-0.4, -0.2) is 41.4 Å². The van der Waals surface area contributed by atoms with Crippen LogP contribution in [0.3, 0.4) is 0 Å². The molecule has 0 aromatic carbocycles. The first-order chi connectivity index (χ1) is 11.0. The van der Waals surface area contributed by atoms with Gasteiger partial charge < -0.3 is 15.8 Å². The van der Waals surface area contributed by atoms with E-state index in [1.54, 1.807) is 0 Å². The fraction of sp³-hybridized carbons (Fsp3) is 0.600. The number of hydrogen-bond donors (Lipinski definition) is 2. The molecular formula is C15H22N4O4. The van der Waals surface area contributed by atoms with Gasteiger partial charge in [-0.05, 0) is 25.3 Å². The van der Waals surface area contributed by atoms with E-state index >= 15 is 0 Å². The van der Waals surface area contributed by atoms with Crippen molar-refractivity contribution in [3.63, 3.8) is 0 Å². The van der Waals surface area contributed by atoms with Crippen molar-refractivity contribution in [2.24, 2.45) is 11.1 Å². The minimum absolute atomic E-state index is 0.138. The zero-order valence-corrected chi connectivity index (χ0v) is 13.2. The summed E-state index contributed by atoms with van der Waals surface area (Å²) in [6.07, 6.45) is 1.69. The minimum atomic E-state index is -0.786. The molecule has 1 aromatic rings. The molecule has 0 radical (unpaired) electrons. The van der Waals surface area contributed by atoms with Gasteiger partial charge in [0.1, 0.15) is 5.69 Å². The Bertz CT molecular complexity index is 635. The predicted octanol–water partition coefficient (Wildman–Crippen LogP) is -0.335. The maximum atomic E-state index is 12.2. The Balaban J connectivity index is 2.08. The normalized spacial score (nSPS) is 16.7. The van der Waals surface area contributed by atoms with Crippen LogP contribution < -0.4 is 16.6 Å². The highest BCUT2D eigenvalue weighted by molar-refractivity contribution is 5.92. The third-order valence-electron chi connectivity index (χ3n) is 4.09. The first-order valence-electron chi connectivity index (χ1n) is 7.72. The van der Waals surface area contributed by atoms with Crippen LogP contribution in [0.4, 0.5) is 0 Å². The maximum absolute atomic E-state index is 12.2. The van der Waals surface area contributed by atoms with Crippen LogP contribution in [0.25, 0.3) is 0 Å². The third-order valence-corrected chi connectivity index (χ3v) is 4.09. The number of nitrogens with two attached hydrogens (primary N) is 1. The molecule has 126 valence electrons. The number of carbonyl (C=O) groups is 2. The van der Waals surface area contributed by atoms with Crippen molar-refractivity contribution in [2.75, 3.05) is 19.8 Å². The van der Waals surface area contributed by atoms with Gasteiger partial charge in [-0.15, -0.1) is 0 Å². The largest absolute Gasteiger partial charge is 0.381 e. The fourth-order valence-corrected chi connectivity index (χ4v) is 2.55. The van der Waals surface area contributed by atoms with Crippen LogP contribution in [0.1, 0.15) is 36.7 Å². The van der Waals surface area contributed by atoms with Gasteiger partial charge in [0.05, 0.1) is 5.41 Å². The summed E-state index contributed by atoms with van der Waals surface area (Å²) in [6.45, 7) is 3.39. The van der Waals surface area contributed by atoms with Crippen molar-refractivity contribution in [3.8, 4) is 0 Å². The molecule has 2 heterocycles. The highest BCUT2D eigenvalue weighted by Gasteiger charge is 2.38. The number of ether oxygens (including phenoxy) is 1. The molecule has 0 saturated carbocycles. The zero-order valence-electron chi connectivity index (χ0n) is 13.2. The Hall–Kier alpha value is -2.22. The second kappa shape index (κ2) is 7.36. The van der Waals surface area contributed by atoms with E-state index in [1.807, 2.05) is 6.92 Å². The van der Waals surface area contributed by atoms with E-state index in [4.69, 9.17) is 10.5 Å². The lowest BCUT2D eigenvalue weighted by atomic mass is 9.79. The lowest BCUT2D eigenvalue weighted by Gasteiger charge is -2.34. The average molecular weight is 322 g/mol. The second-order valence-electron chi connectivity index (χ2n) is 5.72. The van der Waals surface area contributed by atoms with Gasteiger partial charge in [0.25, 0.3) is 11.5 Å². The summed E-state index contributed by atoms with van der Waals surface area (Å²) in [6, 6.07) is 2.70. The van der Waals surface area contributed by atoms with Crippen molar-refractivity contribution < 1.29 is 14.3 Å². The molecule has 1 saturated heterocycles. The standard InChI is InChI=1S/C15H22N4O4/c1-2-7-19-12(20)4-3-11(18-19)13(21)17-10-15(14(16)22)5-8-23-9-6-15/h3-4H,2,5-10H2,1H3,(H2,16,22)(H,17,21). The SMILES string of the molecule is CCCn1nc(C(=O)NCC2(C(N)=O)CCOCC2)ccc1=O. The molecule has 0 spiro atoms. The quantitative estimate of drug-likeness (QED) is 0.743. The van der Waals surface area contributed by atoms with Gasteiger partial charge in [0.2, 0.25) is 5.91 Å². The number of nitrogens with zero attached hydrogens (tertiary/aromatic N) is 2. The number of aromatic nitrogens is 2. The second-order valence-corrected chi connectivity index (χ2v) is 5.72. The number of rotatable bonds is 6. The molecule has 1 aliphatic heterocycles. The smallest absolute Gasteiger partial charge is 0.271 e. The Labute approximate surface area is 134 Å². The van der Waals surface area contributed by atoms with Crippen molar-refractivity contribution in [3.05, 3.63) is 28.2 Å². The highest BCUT2D eigenvalue weighted by atomic mass is 16.5. The first-order valence-corrected chi connectivity index (χ1v) is 7.72. The van der Waals surface area contributed by atoms with E-state index in [1.165, 1.54) is 16.8 Å². The molecule has 0 unspecified atom stereocenters. The maximum Gasteiger partial charge on any atom is 0.271 e. The van der Waals surface area contributed by atoms with Crippen LogP contribution in [0, 0.1) is 5.41 Å². The third kappa shape index (κ3) is 3.95. The number of amides is 2. The summed E-state index contributed by atoms with van der Waals surface area (Å²) >= 11 is 0. The number of nitrogens with one attached hydrogen (secondary N) is 1. The first kappa shape index (κ1) is 17.1. The predicted molar refractivity (Wildman–Crippen MR) is 82.8 cm³/mol. The van der Waals surface area contributed by atoms with E-state index < -0.39 is 17.2 Å². The monoisotopic (exact) mass is 322 g/mol. The Morgan fingerprint density at radius 3 is 2.70 bits per heavy atom. The molecule has 1 aliphatic rings. The molecule has 3 N–H and O–H groups in total. The van der Waals surface area contributed by atoms with Crippen LogP contribution >= 0.6 is 0 Å². The van der Waals surface area contributed by atoms with Gasteiger partial charge in [-0.2, -0.15) is 5.10 Å². The minimum Gasteiger partial charge on any atom is -0.381 e. The highest BCUT2D eigenvalue weighted by Crippen LogP contribution is 2.29. The van der Waals surface area contributed by atoms with Gasteiger partial charge in [0.15, 0.2) is 0 Å². The molecule has 0 aliphatic carbocycles. The molecular weight excluding hydrogens is 300 g/mol. The molecule has 8 nitrogen and oxygen atoms in total. The van der Waals surface area contributed by atoms with Gasteiger partial charge in [-0.3, -0.25) is 14.4 Å². The molecule has 0 bridgehead atoms. The fourth-order valence-electron chi connectivity index (χ4n) is 2.55. The van der Waals surface area contributed by atoms with E-state index in [-0.39, 0.29) is 17.8 Å². The van der Waals surface area contributed by atoms with E-state index in [0.717, 1.165) is 6.42 Å². The van der Waals surface area contributed by atoms with E-state index in [9.17, 15) is 14.4 Å². The van der Waals surface area contributed by atoms with Gasteiger partial charge >= 0.3 is 0 Å². The van der Waals surface area contributed by atoms with Crippen LogP contribution in [0.15, 0.2) is 16.9 Å². The summed E-state index contributed by atoms with van der Waals surface area (Å²) in [5.41, 5.74) is 4.61. The molecule has 0 atom stereocenters. The summed E-state index contributed by atoms with van der Waals surface area (Å²) < 4.78 is 6.51. The average Bonchev–Trinajstić information content (AvgIpc) is 2.55. The molecule has 23 heavy (non-hydrogen) atoms. The number of primary amides is 1. The summed E-state index contributed by atoms with van der Waals surface area (Å²) in [5, 5.41) is 6.75. The van der Waals surface area contributed by atoms with Crippen molar-refractivity contribution in [1.29, 1.82) is 0 Å². The molecule has 1 fully saturated rings. The Morgan fingerprint density at radius 2 is 2.09 bits per heavy atom. The zero-order chi connectivity index (χ0) is 16.9. The molecule has 2 amide bonds. The molecule has 2 rings (SSSR count). The summed E-state index contributed by atoms with van der Waals surface area (Å²) in [4.78, 5) is 35.6. The Morgan fingerprint density at radius 1 is 1.39 bits per heavy atom. The van der Waals surface area contributed by atoms with Gasteiger partial charge in [-0.25, -0.2) is 4.68 Å². The van der Waals surface area contributed by atoms with Crippen LogP contribution in [0.2, 0.25) is 0 Å². The topological polar surface area (TPSA) is 116 Å². The van der Waals surface area contributed by atoms with E-state index in [0.29, 0.717) is 32.6 Å². The van der Waals surface area contributed by atoms with Crippen molar-refractivity contribution in [1.82, 2.24) is 15.1 Å². The lowest BCUT2D eigenvalue weighted by molar-refractivity contribution is -0.132. The summed E-state index contributed by atoms with van der Waals surface area (Å²) in [7, 11) is 0. The van der Waals surface area contributed by atoms with Gasteiger partial charge in [-0.1, -0.05) is 6.92 Å².